The highest BCUT2D eigenvalue weighted by atomic mass is 16.1. The fraction of sp³-hybridized carbons (Fsp3) is 0. The van der Waals surface area contributed by atoms with Gasteiger partial charge < -0.3 is 10.3 Å². The van der Waals surface area contributed by atoms with Crippen LogP contribution >= 0.6 is 0 Å². The maximum absolute atomic E-state index is 11.1. The van der Waals surface area contributed by atoms with Crippen LogP contribution in [0, 0.1) is 0 Å². The third-order valence-corrected chi connectivity index (χ3v) is 1.90. The molecule has 4 nitrogen and oxygen atoms in total. The largest absolute Gasteiger partial charge is 0.365 e. The summed E-state index contributed by atoms with van der Waals surface area (Å²) in [5.74, 6) is 0.0896. The Morgan fingerprint density at radius 3 is 2.64 bits per heavy atom. The molecule has 1 amide bonds. The second kappa shape index (κ2) is 3.33. The number of nitrogens with two attached hydrogens (primary N) is 1. The number of rotatable bonds is 2. The molecule has 0 saturated carbocycles. The van der Waals surface area contributed by atoms with Gasteiger partial charge in [-0.05, 0) is 24.3 Å². The third-order valence-electron chi connectivity index (χ3n) is 1.90. The molecule has 0 aromatic carbocycles. The van der Waals surface area contributed by atoms with E-state index < -0.39 is 5.91 Å². The Bertz CT molecular complexity index is 448. The number of amides is 1. The van der Waals surface area contributed by atoms with E-state index in [1.807, 2.05) is 24.5 Å². The zero-order chi connectivity index (χ0) is 9.97. The van der Waals surface area contributed by atoms with Crippen molar-refractivity contribution in [2.24, 2.45) is 5.73 Å². The number of carbonyl (C=O) groups is 1. The van der Waals surface area contributed by atoms with Crippen molar-refractivity contribution in [3.63, 3.8) is 0 Å². The Morgan fingerprint density at radius 2 is 2.00 bits per heavy atom. The number of hydrogen-bond donors (Lipinski definition) is 1. The lowest BCUT2D eigenvalue weighted by atomic mass is 10.2. The summed E-state index contributed by atoms with van der Waals surface area (Å²) in [6.45, 7) is 0. The van der Waals surface area contributed by atoms with Gasteiger partial charge in [0.05, 0.1) is 5.56 Å². The molecule has 0 atom stereocenters. The fourth-order valence-corrected chi connectivity index (χ4v) is 1.27. The van der Waals surface area contributed by atoms with Gasteiger partial charge in [0.25, 0.3) is 5.91 Å². The zero-order valence-electron chi connectivity index (χ0n) is 7.42. The molecule has 0 aliphatic carbocycles. The first-order chi connectivity index (χ1) is 6.79. The zero-order valence-corrected chi connectivity index (χ0v) is 7.42. The summed E-state index contributed by atoms with van der Waals surface area (Å²) in [6, 6.07) is 7.07. The van der Waals surface area contributed by atoms with Crippen molar-refractivity contribution in [3.8, 4) is 5.82 Å². The molecule has 0 unspecified atom stereocenters. The summed E-state index contributed by atoms with van der Waals surface area (Å²) in [5, 5.41) is 0. The molecule has 2 N–H and O–H groups in total. The summed E-state index contributed by atoms with van der Waals surface area (Å²) in [4.78, 5) is 15.2. The molecule has 2 aromatic rings. The van der Waals surface area contributed by atoms with Gasteiger partial charge >= 0.3 is 0 Å². The molecule has 4 heteroatoms. The maximum atomic E-state index is 11.1. The van der Waals surface area contributed by atoms with E-state index in [0.29, 0.717) is 11.4 Å². The summed E-state index contributed by atoms with van der Waals surface area (Å²) >= 11 is 0. The van der Waals surface area contributed by atoms with E-state index >= 15 is 0 Å². The molecule has 0 saturated heterocycles. The maximum Gasteiger partial charge on any atom is 0.252 e. The highest BCUT2D eigenvalue weighted by Gasteiger charge is 2.08. The van der Waals surface area contributed by atoms with E-state index in [9.17, 15) is 4.79 Å². The van der Waals surface area contributed by atoms with Gasteiger partial charge in [0.15, 0.2) is 0 Å². The lowest BCUT2D eigenvalue weighted by Crippen LogP contribution is -2.15. The van der Waals surface area contributed by atoms with Crippen molar-refractivity contribution < 1.29 is 4.79 Å². The molecular formula is C10H9N3O. The van der Waals surface area contributed by atoms with Crippen LogP contribution in [0.1, 0.15) is 10.4 Å². The van der Waals surface area contributed by atoms with Crippen molar-refractivity contribution >= 4 is 5.91 Å². The first-order valence-electron chi connectivity index (χ1n) is 4.17. The van der Waals surface area contributed by atoms with Crippen LogP contribution in [0.25, 0.3) is 5.82 Å². The van der Waals surface area contributed by atoms with Crippen LogP contribution in [-0.4, -0.2) is 15.5 Å². The molecule has 0 aliphatic rings. The van der Waals surface area contributed by atoms with E-state index in [1.54, 1.807) is 22.9 Å². The minimum atomic E-state index is -0.471. The predicted octanol–water partition coefficient (Wildman–Crippen LogP) is 0.971. The number of aromatic nitrogens is 2. The summed E-state index contributed by atoms with van der Waals surface area (Å²) in [5.41, 5.74) is 5.65. The van der Waals surface area contributed by atoms with Gasteiger partial charge in [-0.3, -0.25) is 4.79 Å². The van der Waals surface area contributed by atoms with Crippen LogP contribution in [0.5, 0.6) is 0 Å². The van der Waals surface area contributed by atoms with Gasteiger partial charge in [-0.25, -0.2) is 4.98 Å². The summed E-state index contributed by atoms with van der Waals surface area (Å²) in [6.07, 6.45) is 5.26. The SMILES string of the molecule is NC(=O)c1cccnc1-n1cccc1. The number of hydrogen-bond acceptors (Lipinski definition) is 2. The number of nitrogens with zero attached hydrogens (tertiary/aromatic N) is 2. The predicted molar refractivity (Wildman–Crippen MR) is 52.1 cm³/mol. The van der Waals surface area contributed by atoms with Crippen LogP contribution in [0.3, 0.4) is 0 Å². The highest BCUT2D eigenvalue weighted by molar-refractivity contribution is 5.95. The molecule has 0 aliphatic heterocycles. The van der Waals surface area contributed by atoms with E-state index in [2.05, 4.69) is 4.98 Å². The molecule has 0 radical (unpaired) electrons. The van der Waals surface area contributed by atoms with Gasteiger partial charge in [-0.2, -0.15) is 0 Å². The van der Waals surface area contributed by atoms with Gasteiger partial charge in [0.2, 0.25) is 0 Å². The molecule has 2 aromatic heterocycles. The quantitative estimate of drug-likeness (QED) is 0.761. The van der Waals surface area contributed by atoms with E-state index in [0.717, 1.165) is 0 Å². The van der Waals surface area contributed by atoms with Crippen molar-refractivity contribution in [2.75, 3.05) is 0 Å². The van der Waals surface area contributed by atoms with Gasteiger partial charge in [-0.1, -0.05) is 0 Å². The van der Waals surface area contributed by atoms with Crippen LogP contribution in [-0.2, 0) is 0 Å². The molecule has 0 bridgehead atoms. The highest BCUT2D eigenvalue weighted by Crippen LogP contribution is 2.10. The Labute approximate surface area is 81.0 Å². The van der Waals surface area contributed by atoms with Crippen molar-refractivity contribution in [3.05, 3.63) is 48.4 Å². The monoisotopic (exact) mass is 187 g/mol. The van der Waals surface area contributed by atoms with Crippen LogP contribution in [0.4, 0.5) is 0 Å². The van der Waals surface area contributed by atoms with Crippen LogP contribution in [0.15, 0.2) is 42.9 Å². The summed E-state index contributed by atoms with van der Waals surface area (Å²) < 4.78 is 1.75. The molecule has 2 rings (SSSR count). The van der Waals surface area contributed by atoms with Crippen molar-refractivity contribution in [1.29, 1.82) is 0 Å². The first-order valence-corrected chi connectivity index (χ1v) is 4.17. The fourth-order valence-electron chi connectivity index (χ4n) is 1.27. The molecule has 2 heterocycles. The Kier molecular flexibility index (Phi) is 2.02. The smallest absolute Gasteiger partial charge is 0.252 e. The lowest BCUT2D eigenvalue weighted by molar-refractivity contribution is 0.1000. The first kappa shape index (κ1) is 8.50. The Hall–Kier alpha value is -2.10. The minimum absolute atomic E-state index is 0.420. The molecule has 0 fully saturated rings. The normalized spacial score (nSPS) is 10.0. The molecule has 0 spiro atoms. The van der Waals surface area contributed by atoms with Crippen molar-refractivity contribution in [2.45, 2.75) is 0 Å². The number of pyridine rings is 1. The number of carbonyl (C=O) groups excluding carboxylic acids is 1. The van der Waals surface area contributed by atoms with Gasteiger partial charge in [-0.15, -0.1) is 0 Å². The third kappa shape index (κ3) is 1.37. The summed E-state index contributed by atoms with van der Waals surface area (Å²) in [7, 11) is 0. The lowest BCUT2D eigenvalue weighted by Gasteiger charge is -2.05. The average molecular weight is 187 g/mol. The average Bonchev–Trinajstić information content (AvgIpc) is 2.70. The Balaban J connectivity index is 2.58. The van der Waals surface area contributed by atoms with Gasteiger partial charge in [0, 0.05) is 18.6 Å². The van der Waals surface area contributed by atoms with Crippen LogP contribution in [0.2, 0.25) is 0 Å². The second-order valence-electron chi connectivity index (χ2n) is 2.83. The standard InChI is InChI=1S/C10H9N3O/c11-9(14)8-4-3-5-12-10(8)13-6-1-2-7-13/h1-7H,(H2,11,14). The van der Waals surface area contributed by atoms with E-state index in [4.69, 9.17) is 5.73 Å². The van der Waals surface area contributed by atoms with Gasteiger partial charge in [0.1, 0.15) is 5.82 Å². The molecule has 14 heavy (non-hydrogen) atoms. The van der Waals surface area contributed by atoms with E-state index in [-0.39, 0.29) is 0 Å². The molecule has 70 valence electrons. The van der Waals surface area contributed by atoms with Crippen LogP contribution < -0.4 is 5.73 Å². The Morgan fingerprint density at radius 1 is 1.29 bits per heavy atom. The van der Waals surface area contributed by atoms with Crippen molar-refractivity contribution in [1.82, 2.24) is 9.55 Å². The second-order valence-corrected chi connectivity index (χ2v) is 2.83. The van der Waals surface area contributed by atoms with E-state index in [1.165, 1.54) is 0 Å². The topological polar surface area (TPSA) is 60.9 Å². The number of primary amides is 1. The minimum Gasteiger partial charge on any atom is -0.365 e. The molecular weight excluding hydrogens is 178 g/mol.